The Bertz CT molecular complexity index is 476. The summed E-state index contributed by atoms with van der Waals surface area (Å²) in [6.45, 7) is 1.74. The SMILES string of the molecule is COC(C)Nc1nc(C#N)c(C#N)nc1Cl. The van der Waals surface area contributed by atoms with Gasteiger partial charge < -0.3 is 10.1 Å². The van der Waals surface area contributed by atoms with Crippen LogP contribution in [-0.4, -0.2) is 23.3 Å². The molecule has 0 aliphatic heterocycles. The molecule has 7 heteroatoms. The van der Waals surface area contributed by atoms with Crippen LogP contribution in [0.1, 0.15) is 18.3 Å². The van der Waals surface area contributed by atoms with Gasteiger partial charge in [-0.15, -0.1) is 0 Å². The van der Waals surface area contributed by atoms with Crippen molar-refractivity contribution >= 4 is 17.4 Å². The molecule has 0 fully saturated rings. The molecular formula is C9H8ClN5O. The van der Waals surface area contributed by atoms with E-state index in [0.29, 0.717) is 0 Å². The third-order valence-electron chi connectivity index (χ3n) is 1.76. The van der Waals surface area contributed by atoms with Crippen molar-refractivity contribution in [2.24, 2.45) is 0 Å². The molecule has 1 aromatic heterocycles. The number of hydrogen-bond donors (Lipinski definition) is 1. The normalized spacial score (nSPS) is 11.3. The Morgan fingerprint density at radius 2 is 1.88 bits per heavy atom. The van der Waals surface area contributed by atoms with Crippen LogP contribution < -0.4 is 5.32 Å². The molecule has 0 saturated carbocycles. The van der Waals surface area contributed by atoms with Gasteiger partial charge in [0.2, 0.25) is 0 Å². The molecule has 0 aromatic carbocycles. The molecule has 6 nitrogen and oxygen atoms in total. The van der Waals surface area contributed by atoms with Crippen molar-refractivity contribution < 1.29 is 4.74 Å². The van der Waals surface area contributed by atoms with E-state index in [1.54, 1.807) is 19.1 Å². The zero-order valence-corrected chi connectivity index (χ0v) is 9.41. The van der Waals surface area contributed by atoms with E-state index < -0.39 is 0 Å². The number of nitrogens with one attached hydrogen (secondary N) is 1. The summed E-state index contributed by atoms with van der Waals surface area (Å²) in [7, 11) is 1.51. The van der Waals surface area contributed by atoms with E-state index in [0.717, 1.165) is 0 Å². The van der Waals surface area contributed by atoms with E-state index in [-0.39, 0.29) is 28.6 Å². The summed E-state index contributed by atoms with van der Waals surface area (Å²) >= 11 is 5.79. The Morgan fingerprint density at radius 1 is 1.31 bits per heavy atom. The van der Waals surface area contributed by atoms with Crippen LogP contribution in [-0.2, 0) is 4.74 Å². The summed E-state index contributed by atoms with van der Waals surface area (Å²) in [4.78, 5) is 7.63. The highest BCUT2D eigenvalue weighted by atomic mass is 35.5. The van der Waals surface area contributed by atoms with Crippen molar-refractivity contribution in [2.75, 3.05) is 12.4 Å². The van der Waals surface area contributed by atoms with E-state index in [4.69, 9.17) is 26.9 Å². The third-order valence-corrected chi connectivity index (χ3v) is 2.02. The van der Waals surface area contributed by atoms with E-state index in [1.807, 2.05) is 0 Å². The molecule has 0 radical (unpaired) electrons. The summed E-state index contributed by atoms with van der Waals surface area (Å²) in [5, 5.41) is 20.3. The van der Waals surface area contributed by atoms with Crippen molar-refractivity contribution in [2.45, 2.75) is 13.2 Å². The predicted molar refractivity (Wildman–Crippen MR) is 56.6 cm³/mol. The van der Waals surface area contributed by atoms with Crippen molar-refractivity contribution in [3.63, 3.8) is 0 Å². The van der Waals surface area contributed by atoms with E-state index >= 15 is 0 Å². The lowest BCUT2D eigenvalue weighted by atomic mass is 10.3. The lowest BCUT2D eigenvalue weighted by molar-refractivity contribution is 0.140. The van der Waals surface area contributed by atoms with Gasteiger partial charge in [-0.05, 0) is 6.92 Å². The molecule has 82 valence electrons. The quantitative estimate of drug-likeness (QED) is 0.796. The molecule has 0 aliphatic rings. The first-order valence-corrected chi connectivity index (χ1v) is 4.67. The second-order valence-electron chi connectivity index (χ2n) is 2.81. The smallest absolute Gasteiger partial charge is 0.179 e. The Kier molecular flexibility index (Phi) is 4.01. The van der Waals surface area contributed by atoms with Crippen LogP contribution in [0.25, 0.3) is 0 Å². The minimum Gasteiger partial charge on any atom is -0.362 e. The number of halogens is 1. The maximum Gasteiger partial charge on any atom is 0.179 e. The van der Waals surface area contributed by atoms with Gasteiger partial charge in [0.1, 0.15) is 18.4 Å². The highest BCUT2D eigenvalue weighted by Crippen LogP contribution is 2.19. The number of aromatic nitrogens is 2. The van der Waals surface area contributed by atoms with E-state index in [1.165, 1.54) is 7.11 Å². The lowest BCUT2D eigenvalue weighted by Gasteiger charge is -2.13. The number of nitrogens with zero attached hydrogens (tertiary/aromatic N) is 4. The summed E-state index contributed by atoms with van der Waals surface area (Å²) in [6.07, 6.45) is -0.328. The number of nitriles is 2. The van der Waals surface area contributed by atoms with Crippen LogP contribution in [0.2, 0.25) is 5.15 Å². The van der Waals surface area contributed by atoms with Gasteiger partial charge in [-0.2, -0.15) is 10.5 Å². The molecule has 0 amide bonds. The summed E-state index contributed by atoms with van der Waals surface area (Å²) < 4.78 is 4.95. The lowest BCUT2D eigenvalue weighted by Crippen LogP contribution is -2.19. The first kappa shape index (κ1) is 12.2. The summed E-state index contributed by atoms with van der Waals surface area (Å²) in [5.74, 6) is 0.214. The molecule has 0 aliphatic carbocycles. The molecule has 1 unspecified atom stereocenters. The largest absolute Gasteiger partial charge is 0.362 e. The minimum atomic E-state index is -0.328. The Balaban J connectivity index is 3.14. The van der Waals surface area contributed by atoms with Crippen LogP contribution >= 0.6 is 11.6 Å². The topological polar surface area (TPSA) is 94.6 Å². The van der Waals surface area contributed by atoms with Gasteiger partial charge in [-0.25, -0.2) is 9.97 Å². The van der Waals surface area contributed by atoms with Gasteiger partial charge in [0.25, 0.3) is 0 Å². The number of ether oxygens (including phenoxy) is 1. The van der Waals surface area contributed by atoms with E-state index in [2.05, 4.69) is 15.3 Å². The number of hydrogen-bond acceptors (Lipinski definition) is 6. The average Bonchev–Trinajstić information content (AvgIpc) is 2.30. The Labute approximate surface area is 97.4 Å². The molecule has 1 heterocycles. The van der Waals surface area contributed by atoms with Crippen molar-refractivity contribution in [1.82, 2.24) is 9.97 Å². The molecule has 1 aromatic rings. The Morgan fingerprint density at radius 3 is 2.38 bits per heavy atom. The first-order chi connectivity index (χ1) is 7.62. The standard InChI is InChI=1S/C9H8ClN5O/c1-5(16-2)13-9-8(10)14-6(3-11)7(4-12)15-9/h5H,1-2H3,(H,13,15). The fourth-order valence-corrected chi connectivity index (χ4v) is 1.10. The maximum atomic E-state index is 8.75. The van der Waals surface area contributed by atoms with Gasteiger partial charge in [-0.1, -0.05) is 11.6 Å². The highest BCUT2D eigenvalue weighted by Gasteiger charge is 2.13. The van der Waals surface area contributed by atoms with Crippen LogP contribution in [0.3, 0.4) is 0 Å². The molecule has 0 spiro atoms. The van der Waals surface area contributed by atoms with Crippen LogP contribution in [0.4, 0.5) is 5.82 Å². The van der Waals surface area contributed by atoms with Gasteiger partial charge >= 0.3 is 0 Å². The fraction of sp³-hybridized carbons (Fsp3) is 0.333. The molecular weight excluding hydrogens is 230 g/mol. The predicted octanol–water partition coefficient (Wildman–Crippen LogP) is 1.28. The number of rotatable bonds is 3. The molecule has 1 rings (SSSR count). The van der Waals surface area contributed by atoms with Crippen molar-refractivity contribution in [1.29, 1.82) is 10.5 Å². The van der Waals surface area contributed by atoms with Crippen LogP contribution in [0.5, 0.6) is 0 Å². The van der Waals surface area contributed by atoms with Gasteiger partial charge in [0, 0.05) is 7.11 Å². The van der Waals surface area contributed by atoms with E-state index in [9.17, 15) is 0 Å². The second kappa shape index (κ2) is 5.26. The fourth-order valence-electron chi connectivity index (χ4n) is 0.914. The molecule has 1 atom stereocenters. The molecule has 0 bridgehead atoms. The van der Waals surface area contributed by atoms with Crippen LogP contribution in [0, 0.1) is 22.7 Å². The molecule has 0 saturated heterocycles. The van der Waals surface area contributed by atoms with Gasteiger partial charge in [0.05, 0.1) is 0 Å². The monoisotopic (exact) mass is 237 g/mol. The van der Waals surface area contributed by atoms with Crippen LogP contribution in [0.15, 0.2) is 0 Å². The van der Waals surface area contributed by atoms with Gasteiger partial charge in [0.15, 0.2) is 22.4 Å². The third kappa shape index (κ3) is 2.57. The summed E-state index contributed by atoms with van der Waals surface area (Å²) in [5.41, 5.74) is -0.166. The van der Waals surface area contributed by atoms with Gasteiger partial charge in [-0.3, -0.25) is 0 Å². The average molecular weight is 238 g/mol. The first-order valence-electron chi connectivity index (χ1n) is 4.29. The molecule has 1 N–H and O–H groups in total. The van der Waals surface area contributed by atoms with Crippen molar-refractivity contribution in [3.05, 3.63) is 16.5 Å². The highest BCUT2D eigenvalue weighted by molar-refractivity contribution is 6.31. The van der Waals surface area contributed by atoms with Crippen molar-refractivity contribution in [3.8, 4) is 12.1 Å². The maximum absolute atomic E-state index is 8.75. The zero-order chi connectivity index (χ0) is 12.1. The zero-order valence-electron chi connectivity index (χ0n) is 8.65. The molecule has 16 heavy (non-hydrogen) atoms. The number of anilines is 1. The minimum absolute atomic E-state index is 0.0273. The Hall–Kier alpha value is -1.89. The number of methoxy groups -OCH3 is 1. The summed E-state index contributed by atoms with van der Waals surface area (Å²) in [6, 6.07) is 3.51. The second-order valence-corrected chi connectivity index (χ2v) is 3.16.